The number of nitrogens with one attached hydrogen (secondary N) is 1. The molecule has 0 bridgehead atoms. The molecule has 0 radical (unpaired) electrons. The zero-order valence-corrected chi connectivity index (χ0v) is 17.3. The molecular weight excluding hydrogens is 399 g/mol. The molecule has 2 aromatic carbocycles. The van der Waals surface area contributed by atoms with E-state index in [-0.39, 0.29) is 5.82 Å². The molecule has 1 aliphatic heterocycles. The van der Waals surface area contributed by atoms with E-state index in [1.165, 1.54) is 16.7 Å². The summed E-state index contributed by atoms with van der Waals surface area (Å²) in [7, 11) is 0. The maximum absolute atomic E-state index is 14.2. The molecule has 0 atom stereocenters. The predicted octanol–water partition coefficient (Wildman–Crippen LogP) is 3.70. The minimum atomic E-state index is -0.146. The van der Waals surface area contributed by atoms with Gasteiger partial charge in [0, 0.05) is 16.8 Å². The monoisotopic (exact) mass is 421 g/mol. The fraction of sp³-hybridized carbons (Fsp3) is 0.208. The lowest BCUT2D eigenvalue weighted by Crippen LogP contribution is -3.13. The molecule has 3 heterocycles. The molecule has 30 heavy (non-hydrogen) atoms. The van der Waals surface area contributed by atoms with Gasteiger partial charge in [0.25, 0.3) is 0 Å². The summed E-state index contributed by atoms with van der Waals surface area (Å²) in [6, 6.07) is 21.0. The Bertz CT molecular complexity index is 1160. The van der Waals surface area contributed by atoms with E-state index in [1.807, 2.05) is 54.6 Å². The van der Waals surface area contributed by atoms with Crippen LogP contribution in [0.5, 0.6) is 0 Å². The van der Waals surface area contributed by atoms with Gasteiger partial charge in [-0.1, -0.05) is 41.9 Å². The van der Waals surface area contributed by atoms with Crippen LogP contribution in [0.4, 0.5) is 10.1 Å². The predicted molar refractivity (Wildman–Crippen MR) is 119 cm³/mol. The van der Waals surface area contributed by atoms with Crippen LogP contribution in [-0.2, 0) is 6.54 Å². The first kappa shape index (κ1) is 19.1. The van der Waals surface area contributed by atoms with Crippen LogP contribution >= 0.6 is 11.6 Å². The second kappa shape index (κ2) is 8.09. The normalized spacial score (nSPS) is 15.1. The van der Waals surface area contributed by atoms with Crippen LogP contribution in [0.3, 0.4) is 0 Å². The zero-order valence-electron chi connectivity index (χ0n) is 16.6. The summed E-state index contributed by atoms with van der Waals surface area (Å²) in [5, 5.41) is 0.721. The van der Waals surface area contributed by atoms with Crippen molar-refractivity contribution in [1.82, 2.24) is 9.38 Å². The van der Waals surface area contributed by atoms with Crippen molar-refractivity contribution in [2.45, 2.75) is 6.54 Å². The van der Waals surface area contributed by atoms with Gasteiger partial charge in [0.05, 0.1) is 37.6 Å². The number of rotatable bonds is 4. The number of pyridine rings is 1. The number of benzene rings is 2. The van der Waals surface area contributed by atoms with E-state index < -0.39 is 0 Å². The largest absolute Gasteiger partial charge is 0.358 e. The number of piperazine rings is 1. The molecule has 0 saturated carbocycles. The Hall–Kier alpha value is -2.89. The van der Waals surface area contributed by atoms with Crippen LogP contribution in [0, 0.1) is 5.82 Å². The summed E-state index contributed by atoms with van der Waals surface area (Å²) in [6.07, 6.45) is 2.08. The third kappa shape index (κ3) is 3.66. The number of halogens is 2. The van der Waals surface area contributed by atoms with Gasteiger partial charge in [-0.3, -0.25) is 4.40 Å². The first-order valence-corrected chi connectivity index (χ1v) is 10.6. The maximum Gasteiger partial charge on any atom is 0.146 e. The van der Waals surface area contributed by atoms with Gasteiger partial charge < -0.3 is 9.80 Å². The molecule has 5 rings (SSSR count). The van der Waals surface area contributed by atoms with Gasteiger partial charge in [-0.05, 0) is 36.4 Å². The van der Waals surface area contributed by atoms with Gasteiger partial charge in [0.1, 0.15) is 23.7 Å². The summed E-state index contributed by atoms with van der Waals surface area (Å²) >= 11 is 6.09. The van der Waals surface area contributed by atoms with E-state index in [4.69, 9.17) is 16.6 Å². The molecule has 0 aliphatic carbocycles. The highest BCUT2D eigenvalue weighted by Crippen LogP contribution is 2.25. The molecule has 152 valence electrons. The quantitative estimate of drug-likeness (QED) is 0.543. The van der Waals surface area contributed by atoms with Gasteiger partial charge in [0.15, 0.2) is 0 Å². The topological polar surface area (TPSA) is 25.0 Å². The van der Waals surface area contributed by atoms with Gasteiger partial charge in [-0.2, -0.15) is 0 Å². The molecule has 0 amide bonds. The highest BCUT2D eigenvalue weighted by atomic mass is 35.5. The molecule has 1 saturated heterocycles. The Kier molecular flexibility index (Phi) is 5.15. The summed E-state index contributed by atoms with van der Waals surface area (Å²) in [6.45, 7) is 4.45. The number of nitrogens with zero attached hydrogens (tertiary/aromatic N) is 3. The number of hydrogen-bond acceptors (Lipinski definition) is 2. The van der Waals surface area contributed by atoms with E-state index in [1.54, 1.807) is 6.07 Å². The van der Waals surface area contributed by atoms with E-state index in [0.29, 0.717) is 5.69 Å². The first-order chi connectivity index (χ1) is 14.7. The Balaban J connectivity index is 1.40. The van der Waals surface area contributed by atoms with E-state index in [9.17, 15) is 4.39 Å². The Morgan fingerprint density at radius 3 is 2.43 bits per heavy atom. The molecule has 2 aromatic heterocycles. The standard InChI is InChI=1S/C24H22ClFN4/c25-19-10-8-18(9-11-19)24-22(30-12-4-3-7-23(30)27-24)17-28-13-15-29(16-14-28)21-6-2-1-5-20(21)26/h1-12H,13-17H2/p+1. The molecule has 4 nitrogen and oxygen atoms in total. The fourth-order valence-electron chi connectivity index (χ4n) is 4.24. The lowest BCUT2D eigenvalue weighted by Gasteiger charge is -2.33. The molecule has 1 N–H and O–H groups in total. The van der Waals surface area contributed by atoms with Crippen molar-refractivity contribution in [3.8, 4) is 11.3 Å². The minimum absolute atomic E-state index is 0.146. The summed E-state index contributed by atoms with van der Waals surface area (Å²) < 4.78 is 16.3. The Morgan fingerprint density at radius 2 is 1.67 bits per heavy atom. The van der Waals surface area contributed by atoms with Gasteiger partial charge >= 0.3 is 0 Å². The second-order valence-corrected chi connectivity index (χ2v) is 8.14. The van der Waals surface area contributed by atoms with Crippen molar-refractivity contribution in [2.24, 2.45) is 0 Å². The third-order valence-corrected chi connectivity index (χ3v) is 6.08. The molecule has 0 unspecified atom stereocenters. The second-order valence-electron chi connectivity index (χ2n) is 7.71. The van der Waals surface area contributed by atoms with Crippen LogP contribution < -0.4 is 9.80 Å². The minimum Gasteiger partial charge on any atom is -0.358 e. The van der Waals surface area contributed by atoms with E-state index in [2.05, 4.69) is 15.5 Å². The van der Waals surface area contributed by atoms with Crippen molar-refractivity contribution in [3.05, 3.63) is 89.5 Å². The highest BCUT2D eigenvalue weighted by molar-refractivity contribution is 6.30. The van der Waals surface area contributed by atoms with Crippen LogP contribution in [0.2, 0.25) is 5.02 Å². The van der Waals surface area contributed by atoms with Crippen molar-refractivity contribution < 1.29 is 9.29 Å². The zero-order chi connectivity index (χ0) is 20.5. The third-order valence-electron chi connectivity index (χ3n) is 5.83. The number of quaternary nitrogens is 1. The summed E-state index contributed by atoms with van der Waals surface area (Å²) in [5.41, 5.74) is 4.92. The Morgan fingerprint density at radius 1 is 0.933 bits per heavy atom. The van der Waals surface area contributed by atoms with Crippen molar-refractivity contribution >= 4 is 22.9 Å². The summed E-state index contributed by atoms with van der Waals surface area (Å²) in [4.78, 5) is 8.52. The van der Waals surface area contributed by atoms with Crippen LogP contribution in [0.25, 0.3) is 16.9 Å². The smallest absolute Gasteiger partial charge is 0.146 e. The maximum atomic E-state index is 14.2. The number of para-hydroxylation sites is 1. The van der Waals surface area contributed by atoms with Crippen molar-refractivity contribution in [2.75, 3.05) is 31.1 Å². The fourth-order valence-corrected chi connectivity index (χ4v) is 4.37. The molecule has 1 aliphatic rings. The highest BCUT2D eigenvalue weighted by Gasteiger charge is 2.25. The van der Waals surface area contributed by atoms with Gasteiger partial charge in [-0.25, -0.2) is 9.37 Å². The van der Waals surface area contributed by atoms with E-state index in [0.717, 1.165) is 54.7 Å². The molecule has 6 heteroatoms. The lowest BCUT2D eigenvalue weighted by atomic mass is 10.1. The Labute approximate surface area is 180 Å². The molecule has 0 spiro atoms. The molecule has 1 fully saturated rings. The number of imidazole rings is 1. The average molecular weight is 422 g/mol. The van der Waals surface area contributed by atoms with Crippen molar-refractivity contribution in [1.29, 1.82) is 0 Å². The molecule has 4 aromatic rings. The van der Waals surface area contributed by atoms with E-state index >= 15 is 0 Å². The van der Waals surface area contributed by atoms with Crippen LogP contribution in [0.1, 0.15) is 5.69 Å². The molecular formula is C24H23ClFN4+. The number of fused-ring (bicyclic) bond motifs is 1. The van der Waals surface area contributed by atoms with Crippen LogP contribution in [0.15, 0.2) is 72.9 Å². The van der Waals surface area contributed by atoms with Gasteiger partial charge in [0.2, 0.25) is 0 Å². The van der Waals surface area contributed by atoms with Gasteiger partial charge in [-0.15, -0.1) is 0 Å². The van der Waals surface area contributed by atoms with Crippen molar-refractivity contribution in [3.63, 3.8) is 0 Å². The lowest BCUT2D eigenvalue weighted by molar-refractivity contribution is -0.914. The van der Waals surface area contributed by atoms with Crippen LogP contribution in [-0.4, -0.2) is 35.6 Å². The number of anilines is 1. The number of aromatic nitrogens is 2. The number of hydrogen-bond donors (Lipinski definition) is 1. The SMILES string of the molecule is Fc1ccccc1N1CC[NH+](Cc2c(-c3ccc(Cl)cc3)nc3ccccn23)CC1. The average Bonchev–Trinajstić information content (AvgIpc) is 3.14. The summed E-state index contributed by atoms with van der Waals surface area (Å²) in [5.74, 6) is -0.146. The first-order valence-electron chi connectivity index (χ1n) is 10.2.